The van der Waals surface area contributed by atoms with Gasteiger partial charge in [0.05, 0.1) is 4.92 Å². The summed E-state index contributed by atoms with van der Waals surface area (Å²) in [5, 5.41) is 17.1. The van der Waals surface area contributed by atoms with Crippen molar-refractivity contribution in [2.24, 2.45) is 0 Å². The molecule has 0 spiro atoms. The Kier molecular flexibility index (Phi) is 6.65. The maximum atomic E-state index is 12.3. The molecule has 1 unspecified atom stereocenters. The molecular formula is C15H23N3O3. The fraction of sp³-hybridized carbons (Fsp3) is 0.533. The van der Waals surface area contributed by atoms with Crippen molar-refractivity contribution < 1.29 is 9.72 Å². The Hall–Kier alpha value is -2.11. The molecule has 0 fully saturated rings. The average molecular weight is 293 g/mol. The van der Waals surface area contributed by atoms with Crippen LogP contribution in [0.25, 0.3) is 0 Å². The number of carbonyl (C=O) groups excluding carboxylic acids is 1. The second-order valence-electron chi connectivity index (χ2n) is 4.86. The van der Waals surface area contributed by atoms with Gasteiger partial charge in [0.1, 0.15) is 11.3 Å². The summed E-state index contributed by atoms with van der Waals surface area (Å²) in [4.78, 5) is 23.1. The Morgan fingerprint density at radius 1 is 1.33 bits per heavy atom. The molecule has 0 aliphatic heterocycles. The number of para-hydroxylation sites is 1. The van der Waals surface area contributed by atoms with Crippen LogP contribution >= 0.6 is 0 Å². The second kappa shape index (κ2) is 8.24. The molecule has 6 nitrogen and oxygen atoms in total. The molecule has 0 saturated carbocycles. The third kappa shape index (κ3) is 4.44. The van der Waals surface area contributed by atoms with Gasteiger partial charge in [-0.05, 0) is 31.9 Å². The van der Waals surface area contributed by atoms with Crippen molar-refractivity contribution in [3.05, 3.63) is 33.9 Å². The van der Waals surface area contributed by atoms with Crippen LogP contribution < -0.4 is 10.6 Å². The molecule has 0 aliphatic rings. The lowest BCUT2D eigenvalue weighted by atomic mass is 10.1. The molecule has 1 aromatic rings. The van der Waals surface area contributed by atoms with E-state index in [-0.39, 0.29) is 23.2 Å². The number of nitrogens with zero attached hydrogens (tertiary/aromatic N) is 1. The summed E-state index contributed by atoms with van der Waals surface area (Å²) in [6.07, 6.45) is 2.63. The predicted molar refractivity (Wildman–Crippen MR) is 83.7 cm³/mol. The Bertz CT molecular complexity index is 503. The lowest BCUT2D eigenvalue weighted by Crippen LogP contribution is -2.34. The van der Waals surface area contributed by atoms with Crippen LogP contribution in [0, 0.1) is 10.1 Å². The van der Waals surface area contributed by atoms with E-state index in [1.807, 2.05) is 20.8 Å². The average Bonchev–Trinajstić information content (AvgIpc) is 2.46. The molecule has 1 rings (SSSR count). The van der Waals surface area contributed by atoms with Crippen LogP contribution in [0.3, 0.4) is 0 Å². The normalized spacial score (nSPS) is 11.8. The first kappa shape index (κ1) is 16.9. The highest BCUT2D eigenvalue weighted by Crippen LogP contribution is 2.28. The molecule has 21 heavy (non-hydrogen) atoms. The van der Waals surface area contributed by atoms with E-state index in [1.165, 1.54) is 6.07 Å². The Balaban J connectivity index is 3.08. The van der Waals surface area contributed by atoms with Gasteiger partial charge in [-0.1, -0.05) is 26.3 Å². The van der Waals surface area contributed by atoms with Gasteiger partial charge in [-0.15, -0.1) is 0 Å². The van der Waals surface area contributed by atoms with Gasteiger partial charge >= 0.3 is 5.69 Å². The summed E-state index contributed by atoms with van der Waals surface area (Å²) in [6.45, 7) is 6.44. The largest absolute Gasteiger partial charge is 0.380 e. The quantitative estimate of drug-likeness (QED) is 0.568. The zero-order chi connectivity index (χ0) is 15.8. The zero-order valence-corrected chi connectivity index (χ0v) is 12.8. The Labute approximate surface area is 125 Å². The first-order valence-corrected chi connectivity index (χ1v) is 7.37. The topological polar surface area (TPSA) is 84.3 Å². The number of nitrogens with one attached hydrogen (secondary N) is 2. The number of carbonyl (C=O) groups is 1. The summed E-state index contributed by atoms with van der Waals surface area (Å²) in [5.41, 5.74) is 0.315. The predicted octanol–water partition coefficient (Wildman–Crippen LogP) is 3.34. The van der Waals surface area contributed by atoms with Crippen molar-refractivity contribution in [3.63, 3.8) is 0 Å². The molecule has 0 heterocycles. The minimum absolute atomic E-state index is 0.0462. The van der Waals surface area contributed by atoms with E-state index in [0.29, 0.717) is 12.2 Å². The van der Waals surface area contributed by atoms with Crippen LogP contribution in [-0.2, 0) is 0 Å². The number of benzene rings is 1. The van der Waals surface area contributed by atoms with E-state index >= 15 is 0 Å². The summed E-state index contributed by atoms with van der Waals surface area (Å²) in [5.74, 6) is -0.387. The smallest absolute Gasteiger partial charge is 0.305 e. The third-order valence-electron chi connectivity index (χ3n) is 3.30. The van der Waals surface area contributed by atoms with Crippen molar-refractivity contribution >= 4 is 17.3 Å². The lowest BCUT2D eigenvalue weighted by Gasteiger charge is -2.16. The second-order valence-corrected chi connectivity index (χ2v) is 4.86. The minimum Gasteiger partial charge on any atom is -0.380 e. The number of nitro groups is 1. The van der Waals surface area contributed by atoms with Gasteiger partial charge in [-0.25, -0.2) is 0 Å². The number of hydrogen-bond donors (Lipinski definition) is 2. The first-order chi connectivity index (χ1) is 10.0. The molecule has 1 amide bonds. The van der Waals surface area contributed by atoms with E-state index in [4.69, 9.17) is 0 Å². The highest BCUT2D eigenvalue weighted by atomic mass is 16.6. The molecule has 0 radical (unpaired) electrons. The van der Waals surface area contributed by atoms with Crippen LogP contribution in [-0.4, -0.2) is 23.4 Å². The monoisotopic (exact) mass is 293 g/mol. The number of rotatable bonds is 8. The van der Waals surface area contributed by atoms with E-state index < -0.39 is 4.92 Å². The van der Waals surface area contributed by atoms with Crippen molar-refractivity contribution in [2.75, 3.05) is 11.9 Å². The van der Waals surface area contributed by atoms with Crippen LogP contribution in [0.4, 0.5) is 11.4 Å². The standard InChI is InChI=1S/C15H23N3O3/c1-4-8-11(5-2)17-15(19)12-9-7-10-13(16-6-3)14(12)18(20)21/h7,9-11,16H,4-6,8H2,1-3H3,(H,17,19). The fourth-order valence-electron chi connectivity index (χ4n) is 2.25. The van der Waals surface area contributed by atoms with Gasteiger partial charge in [0.25, 0.3) is 5.91 Å². The summed E-state index contributed by atoms with van der Waals surface area (Å²) < 4.78 is 0. The summed E-state index contributed by atoms with van der Waals surface area (Å²) >= 11 is 0. The number of amides is 1. The molecule has 0 bridgehead atoms. The summed E-state index contributed by atoms with van der Waals surface area (Å²) in [6, 6.07) is 4.81. The Morgan fingerprint density at radius 3 is 2.57 bits per heavy atom. The first-order valence-electron chi connectivity index (χ1n) is 7.37. The highest BCUT2D eigenvalue weighted by molar-refractivity contribution is 6.00. The van der Waals surface area contributed by atoms with Gasteiger partial charge in [0.15, 0.2) is 0 Å². The van der Waals surface area contributed by atoms with Gasteiger partial charge in [-0.2, -0.15) is 0 Å². The van der Waals surface area contributed by atoms with Crippen molar-refractivity contribution in [1.29, 1.82) is 0 Å². The zero-order valence-electron chi connectivity index (χ0n) is 12.8. The van der Waals surface area contributed by atoms with E-state index in [1.54, 1.807) is 12.1 Å². The van der Waals surface area contributed by atoms with Crippen molar-refractivity contribution in [2.45, 2.75) is 46.1 Å². The van der Waals surface area contributed by atoms with Crippen LogP contribution in [0.5, 0.6) is 0 Å². The molecule has 2 N–H and O–H groups in total. The molecule has 0 aromatic heterocycles. The maximum Gasteiger partial charge on any atom is 0.305 e. The van der Waals surface area contributed by atoms with E-state index in [9.17, 15) is 14.9 Å². The molecule has 0 aliphatic carbocycles. The minimum atomic E-state index is -0.506. The molecule has 116 valence electrons. The molecule has 6 heteroatoms. The summed E-state index contributed by atoms with van der Waals surface area (Å²) in [7, 11) is 0. The van der Waals surface area contributed by atoms with Crippen LogP contribution in [0.15, 0.2) is 18.2 Å². The fourth-order valence-corrected chi connectivity index (χ4v) is 2.25. The van der Waals surface area contributed by atoms with Crippen molar-refractivity contribution in [1.82, 2.24) is 5.32 Å². The maximum absolute atomic E-state index is 12.3. The molecule has 1 atom stereocenters. The SMILES string of the molecule is CCCC(CC)NC(=O)c1cccc(NCC)c1[N+](=O)[O-]. The highest BCUT2D eigenvalue weighted by Gasteiger charge is 2.25. The van der Waals surface area contributed by atoms with Gasteiger partial charge in [-0.3, -0.25) is 14.9 Å². The van der Waals surface area contributed by atoms with E-state index in [2.05, 4.69) is 10.6 Å². The number of hydrogen-bond acceptors (Lipinski definition) is 4. The molecule has 0 saturated heterocycles. The van der Waals surface area contributed by atoms with Crippen molar-refractivity contribution in [3.8, 4) is 0 Å². The Morgan fingerprint density at radius 2 is 2.05 bits per heavy atom. The molecular weight excluding hydrogens is 270 g/mol. The van der Waals surface area contributed by atoms with Gasteiger partial charge in [0, 0.05) is 12.6 Å². The van der Waals surface area contributed by atoms with Crippen LogP contribution in [0.2, 0.25) is 0 Å². The number of anilines is 1. The third-order valence-corrected chi connectivity index (χ3v) is 3.30. The molecule has 1 aromatic carbocycles. The van der Waals surface area contributed by atoms with Gasteiger partial charge < -0.3 is 10.6 Å². The van der Waals surface area contributed by atoms with Gasteiger partial charge in [0.2, 0.25) is 0 Å². The number of nitro benzene ring substituents is 1. The lowest BCUT2D eigenvalue weighted by molar-refractivity contribution is -0.384. The van der Waals surface area contributed by atoms with E-state index in [0.717, 1.165) is 19.3 Å². The van der Waals surface area contributed by atoms with Crippen LogP contribution in [0.1, 0.15) is 50.4 Å².